The quantitative estimate of drug-likeness (QED) is 0.111. The summed E-state index contributed by atoms with van der Waals surface area (Å²) in [5.74, 6) is 4.53. The van der Waals surface area contributed by atoms with Crippen LogP contribution in [0.2, 0.25) is 0 Å². The summed E-state index contributed by atoms with van der Waals surface area (Å²) in [4.78, 5) is 2.30. The monoisotopic (exact) mass is 695 g/mol. The highest BCUT2D eigenvalue weighted by atomic mass is 16.5. The minimum absolute atomic E-state index is 0.726. The zero-order valence-electron chi connectivity index (χ0n) is 29.2. The molecule has 0 aliphatic heterocycles. The fourth-order valence-electron chi connectivity index (χ4n) is 7.62. The van der Waals surface area contributed by atoms with Gasteiger partial charge in [0, 0.05) is 45.7 Å². The van der Waals surface area contributed by atoms with Crippen LogP contribution in [0.4, 0.5) is 17.1 Å². The third-order valence-electron chi connectivity index (χ3n) is 9.89. The Morgan fingerprint density at radius 2 is 0.741 bits per heavy atom. The number of hydrogen-bond donors (Lipinski definition) is 0. The first-order chi connectivity index (χ1) is 26.8. The van der Waals surface area contributed by atoms with E-state index in [0.29, 0.717) is 0 Å². The lowest BCUT2D eigenvalue weighted by molar-refractivity contribution is 0.482. The maximum Gasteiger partial charge on any atom is 0.137 e. The van der Waals surface area contributed by atoms with Gasteiger partial charge in [-0.05, 0) is 87.6 Å². The lowest BCUT2D eigenvalue weighted by Crippen LogP contribution is -2.11. The van der Waals surface area contributed by atoms with Gasteiger partial charge in [0.1, 0.15) is 34.5 Å². The van der Waals surface area contributed by atoms with E-state index in [1.54, 1.807) is 0 Å². The molecule has 10 rings (SSSR count). The Morgan fingerprint density at radius 1 is 0.296 bits per heavy atom. The maximum absolute atomic E-state index is 6.82. The molecule has 0 atom stereocenters. The van der Waals surface area contributed by atoms with E-state index in [-0.39, 0.29) is 0 Å². The third kappa shape index (κ3) is 5.67. The van der Waals surface area contributed by atoms with Gasteiger partial charge in [-0.3, -0.25) is 0 Å². The van der Waals surface area contributed by atoms with Crippen molar-refractivity contribution in [3.63, 3.8) is 0 Å². The Morgan fingerprint density at radius 3 is 1.31 bits per heavy atom. The molecular formula is C50H33NO3. The van der Waals surface area contributed by atoms with Crippen LogP contribution in [-0.4, -0.2) is 0 Å². The number of ether oxygens (including phenoxy) is 3. The van der Waals surface area contributed by atoms with Crippen LogP contribution in [0.5, 0.6) is 34.5 Å². The van der Waals surface area contributed by atoms with Crippen LogP contribution in [0.25, 0.3) is 43.1 Å². The Labute approximate surface area is 313 Å². The van der Waals surface area contributed by atoms with E-state index in [2.05, 4.69) is 89.8 Å². The van der Waals surface area contributed by atoms with Crippen molar-refractivity contribution in [3.05, 3.63) is 200 Å². The van der Waals surface area contributed by atoms with Crippen LogP contribution in [0, 0.1) is 0 Å². The van der Waals surface area contributed by atoms with Crippen molar-refractivity contribution in [3.8, 4) is 34.5 Å². The minimum atomic E-state index is 0.726. The summed E-state index contributed by atoms with van der Waals surface area (Å²) < 4.78 is 19.7. The predicted octanol–water partition coefficient (Wildman–Crippen LogP) is 14.6. The zero-order chi connectivity index (χ0) is 35.8. The van der Waals surface area contributed by atoms with Gasteiger partial charge in [-0.1, -0.05) is 121 Å². The average molecular weight is 696 g/mol. The molecule has 0 amide bonds. The first-order valence-corrected chi connectivity index (χ1v) is 18.1. The molecular weight excluding hydrogens is 663 g/mol. The second-order valence-corrected chi connectivity index (χ2v) is 13.3. The van der Waals surface area contributed by atoms with Crippen molar-refractivity contribution in [2.75, 3.05) is 4.90 Å². The highest BCUT2D eigenvalue weighted by Gasteiger charge is 2.24. The van der Waals surface area contributed by atoms with Crippen molar-refractivity contribution in [1.29, 1.82) is 0 Å². The summed E-state index contributed by atoms with van der Waals surface area (Å²) in [5.41, 5.74) is 2.81. The lowest BCUT2D eigenvalue weighted by Gasteiger charge is -2.30. The molecule has 0 aliphatic rings. The van der Waals surface area contributed by atoms with Gasteiger partial charge >= 0.3 is 0 Å². The summed E-state index contributed by atoms with van der Waals surface area (Å²) in [5, 5.41) is 9.32. The number of benzene rings is 10. The van der Waals surface area contributed by atoms with Crippen LogP contribution in [0.3, 0.4) is 0 Å². The second-order valence-electron chi connectivity index (χ2n) is 13.3. The Balaban J connectivity index is 1.28. The summed E-state index contributed by atoms with van der Waals surface area (Å²) in [6.07, 6.45) is 0. The number of rotatable bonds is 9. The van der Waals surface area contributed by atoms with Gasteiger partial charge in [-0.15, -0.1) is 0 Å². The number of hydrogen-bond acceptors (Lipinski definition) is 4. The molecule has 10 aromatic rings. The molecule has 0 aliphatic carbocycles. The number of para-hydroxylation sites is 3. The Hall–Kier alpha value is -7.30. The van der Waals surface area contributed by atoms with Crippen LogP contribution in [0.1, 0.15) is 0 Å². The van der Waals surface area contributed by atoms with Gasteiger partial charge in [-0.25, -0.2) is 0 Å². The van der Waals surface area contributed by atoms with E-state index >= 15 is 0 Å². The van der Waals surface area contributed by atoms with Crippen molar-refractivity contribution in [1.82, 2.24) is 0 Å². The molecule has 10 aromatic carbocycles. The summed E-state index contributed by atoms with van der Waals surface area (Å²) in [6, 6.07) is 68.2. The highest BCUT2D eigenvalue weighted by Crippen LogP contribution is 2.51. The number of anilines is 3. The molecule has 256 valence electrons. The van der Waals surface area contributed by atoms with Crippen molar-refractivity contribution in [2.24, 2.45) is 0 Å². The van der Waals surface area contributed by atoms with Crippen molar-refractivity contribution >= 4 is 60.2 Å². The fraction of sp³-hybridized carbons (Fsp3) is 0. The fourth-order valence-corrected chi connectivity index (χ4v) is 7.62. The van der Waals surface area contributed by atoms with Crippen LogP contribution in [0.15, 0.2) is 200 Å². The molecule has 0 bridgehead atoms. The molecule has 54 heavy (non-hydrogen) atoms. The molecule has 0 N–H and O–H groups in total. The van der Waals surface area contributed by atoms with Crippen LogP contribution in [-0.2, 0) is 0 Å². The first kappa shape index (κ1) is 31.4. The van der Waals surface area contributed by atoms with E-state index in [1.165, 1.54) is 26.9 Å². The third-order valence-corrected chi connectivity index (χ3v) is 9.89. The largest absolute Gasteiger partial charge is 0.457 e. The van der Waals surface area contributed by atoms with Gasteiger partial charge in [0.2, 0.25) is 0 Å². The molecule has 0 spiro atoms. The van der Waals surface area contributed by atoms with E-state index in [4.69, 9.17) is 14.2 Å². The lowest BCUT2D eigenvalue weighted by atomic mass is 9.88. The average Bonchev–Trinajstić information content (AvgIpc) is 3.22. The van der Waals surface area contributed by atoms with Gasteiger partial charge in [0.15, 0.2) is 0 Å². The molecule has 0 unspecified atom stereocenters. The van der Waals surface area contributed by atoms with Crippen LogP contribution >= 0.6 is 0 Å². The number of fused-ring (bicyclic) bond motifs is 2. The van der Waals surface area contributed by atoms with Gasteiger partial charge < -0.3 is 19.1 Å². The van der Waals surface area contributed by atoms with E-state index in [1.807, 2.05) is 115 Å². The first-order valence-electron chi connectivity index (χ1n) is 18.1. The molecule has 0 radical (unpaired) electrons. The van der Waals surface area contributed by atoms with Crippen molar-refractivity contribution < 1.29 is 14.2 Å². The summed E-state index contributed by atoms with van der Waals surface area (Å²) in [6.45, 7) is 0. The maximum atomic E-state index is 6.82. The second kappa shape index (κ2) is 13.4. The van der Waals surface area contributed by atoms with Crippen LogP contribution < -0.4 is 19.1 Å². The molecule has 0 saturated heterocycles. The molecule has 0 heterocycles. The standard InChI is InChI=1S/C50H33NO3/c1-4-19-37(20-5-1)52-40-25-12-17-35(31-40)51(36-18-13-26-41(32-36)53-38-21-6-2-7-22-38)46-33-47(54-39-23-8-3-9-24-39)44-29-14-28-43-42-27-10-15-34-16-11-30-45(48(34)42)50(46)49(43)44/h1-33H. The zero-order valence-corrected chi connectivity index (χ0v) is 29.2. The molecule has 0 saturated carbocycles. The molecule has 0 aromatic heterocycles. The molecule has 0 fully saturated rings. The smallest absolute Gasteiger partial charge is 0.137 e. The van der Waals surface area contributed by atoms with Crippen molar-refractivity contribution in [2.45, 2.75) is 0 Å². The topological polar surface area (TPSA) is 30.9 Å². The highest BCUT2D eigenvalue weighted by molar-refractivity contribution is 6.36. The Kier molecular flexibility index (Phi) is 7.77. The molecule has 4 heteroatoms. The molecule has 4 nitrogen and oxygen atoms in total. The van der Waals surface area contributed by atoms with E-state index in [0.717, 1.165) is 67.7 Å². The van der Waals surface area contributed by atoms with Gasteiger partial charge in [0.05, 0.1) is 5.69 Å². The Bertz CT molecular complexity index is 2820. The SMILES string of the molecule is c1ccc(Oc2cccc(N(c3cccc(Oc4ccccc4)c3)c3cc(Oc4ccccc4)c4cccc5c6cccc7cccc(c3c45)c76)c2)cc1. The minimum Gasteiger partial charge on any atom is -0.457 e. The van der Waals surface area contributed by atoms with E-state index < -0.39 is 0 Å². The van der Waals surface area contributed by atoms with E-state index in [9.17, 15) is 0 Å². The summed E-state index contributed by atoms with van der Waals surface area (Å²) in [7, 11) is 0. The van der Waals surface area contributed by atoms with Gasteiger partial charge in [-0.2, -0.15) is 0 Å². The predicted molar refractivity (Wildman–Crippen MR) is 222 cm³/mol. The number of nitrogens with zero attached hydrogens (tertiary/aromatic N) is 1. The summed E-state index contributed by atoms with van der Waals surface area (Å²) >= 11 is 0. The van der Waals surface area contributed by atoms with Gasteiger partial charge in [0.25, 0.3) is 0 Å². The normalized spacial score (nSPS) is 11.3.